The number of piperazine rings is 1. The van der Waals surface area contributed by atoms with E-state index in [2.05, 4.69) is 10.2 Å². The monoisotopic (exact) mass is 494 g/mol. The number of aromatic nitrogens is 1. The molecule has 2 aromatic carbocycles. The van der Waals surface area contributed by atoms with Gasteiger partial charge in [0, 0.05) is 37.1 Å². The maximum atomic E-state index is 15.1. The van der Waals surface area contributed by atoms with Gasteiger partial charge in [0.25, 0.3) is 0 Å². The van der Waals surface area contributed by atoms with Crippen molar-refractivity contribution in [3.63, 3.8) is 0 Å². The molecule has 0 spiro atoms. The van der Waals surface area contributed by atoms with Crippen LogP contribution in [-0.4, -0.2) is 55.4 Å². The molecule has 10 heteroatoms. The van der Waals surface area contributed by atoms with Crippen LogP contribution in [0.1, 0.15) is 17.5 Å². The first-order valence-corrected chi connectivity index (χ1v) is 11.8. The van der Waals surface area contributed by atoms with E-state index in [1.165, 1.54) is 19.2 Å². The molecule has 3 aromatic rings. The van der Waals surface area contributed by atoms with Crippen molar-refractivity contribution in [3.05, 3.63) is 65.5 Å². The van der Waals surface area contributed by atoms with E-state index in [9.17, 15) is 9.59 Å². The van der Waals surface area contributed by atoms with Crippen molar-refractivity contribution in [2.45, 2.75) is 18.4 Å². The van der Waals surface area contributed by atoms with Gasteiger partial charge in [0.1, 0.15) is 17.8 Å². The van der Waals surface area contributed by atoms with E-state index < -0.39 is 29.0 Å². The molecule has 3 N–H and O–H groups in total. The van der Waals surface area contributed by atoms with E-state index in [0.29, 0.717) is 5.56 Å². The highest BCUT2D eigenvalue weighted by atomic mass is 19.1. The molecule has 2 atom stereocenters. The second-order valence-electron chi connectivity index (χ2n) is 9.02. The lowest BCUT2D eigenvalue weighted by molar-refractivity contribution is -0.146. The van der Waals surface area contributed by atoms with Gasteiger partial charge < -0.3 is 19.7 Å². The number of pyridine rings is 1. The summed E-state index contributed by atoms with van der Waals surface area (Å²) in [5.41, 5.74) is 2.24. The zero-order chi connectivity index (χ0) is 25.3. The Morgan fingerprint density at radius 1 is 1.22 bits per heavy atom. The lowest BCUT2D eigenvalue weighted by Gasteiger charge is -2.29. The minimum atomic E-state index is -1.33. The molecular weight excluding hydrogens is 467 g/mol. The molecule has 36 heavy (non-hydrogen) atoms. The van der Waals surface area contributed by atoms with E-state index in [1.54, 1.807) is 11.5 Å². The number of hydrogen-bond donors (Lipinski definition) is 3. The molecule has 1 amide bonds. The number of carbonyl (C=O) groups excluding carboxylic acids is 2. The molecule has 1 aromatic heterocycles. The van der Waals surface area contributed by atoms with Crippen LogP contribution in [0, 0.1) is 11.7 Å². The molecule has 0 unspecified atom stereocenters. The third kappa shape index (κ3) is 4.22. The first-order chi connectivity index (χ1) is 17.5. The van der Waals surface area contributed by atoms with E-state index in [4.69, 9.17) is 19.7 Å². The van der Waals surface area contributed by atoms with Crippen molar-refractivity contribution in [3.8, 4) is 5.75 Å². The van der Waals surface area contributed by atoms with E-state index in [1.807, 2.05) is 30.3 Å². The maximum absolute atomic E-state index is 15.1. The largest absolute Gasteiger partial charge is 0.486 e. The molecular formula is C26H27FN4O5. The van der Waals surface area contributed by atoms with Crippen LogP contribution >= 0.6 is 0 Å². The molecule has 1 aliphatic heterocycles. The Labute approximate surface area is 207 Å². The molecule has 0 radical (unpaired) electrons. The Kier molecular flexibility index (Phi) is 6.46. The maximum Gasteiger partial charge on any atom is 0.317 e. The molecule has 1 saturated heterocycles. The number of fused-ring (bicyclic) bond motifs is 1. The van der Waals surface area contributed by atoms with Crippen LogP contribution in [0.3, 0.4) is 0 Å². The van der Waals surface area contributed by atoms with Gasteiger partial charge in [-0.05, 0) is 36.2 Å². The van der Waals surface area contributed by atoms with Gasteiger partial charge in [0.15, 0.2) is 11.6 Å². The van der Waals surface area contributed by atoms with Gasteiger partial charge in [0.2, 0.25) is 5.91 Å². The molecule has 1 aliphatic carbocycles. The van der Waals surface area contributed by atoms with Crippen LogP contribution in [0.4, 0.5) is 10.2 Å². The fourth-order valence-electron chi connectivity index (χ4n) is 4.96. The van der Waals surface area contributed by atoms with Gasteiger partial charge in [-0.2, -0.15) is 0 Å². The molecule has 188 valence electrons. The summed E-state index contributed by atoms with van der Waals surface area (Å²) in [6.45, 7) is 3.57. The number of hydroxylamine groups is 1. The van der Waals surface area contributed by atoms with Gasteiger partial charge in [-0.3, -0.25) is 14.8 Å². The Hall–Kier alpha value is -3.76. The fraction of sp³-hybridized carbons (Fsp3) is 0.346. The number of nitrogens with zero attached hydrogens (tertiary/aromatic N) is 2. The number of benzene rings is 2. The number of anilines is 1. The molecule has 2 aliphatic rings. The normalized spacial score (nSPS) is 21.2. The smallest absolute Gasteiger partial charge is 0.317 e. The highest BCUT2D eigenvalue weighted by Gasteiger charge is 2.65. The topological polar surface area (TPSA) is 113 Å². The predicted octanol–water partition coefficient (Wildman–Crippen LogP) is 2.30. The summed E-state index contributed by atoms with van der Waals surface area (Å²) in [4.78, 5) is 31.4. The second kappa shape index (κ2) is 9.71. The summed E-state index contributed by atoms with van der Waals surface area (Å²) < 4.78 is 25.9. The van der Waals surface area contributed by atoms with Crippen LogP contribution in [-0.2, 0) is 26.3 Å². The van der Waals surface area contributed by atoms with E-state index in [0.717, 1.165) is 48.5 Å². The summed E-state index contributed by atoms with van der Waals surface area (Å²) in [7, 11) is 1.21. The molecule has 2 heterocycles. The Bertz CT molecular complexity index is 1310. The molecule has 9 nitrogen and oxygen atoms in total. The van der Waals surface area contributed by atoms with Crippen LogP contribution < -0.4 is 20.4 Å². The zero-order valence-corrected chi connectivity index (χ0v) is 19.8. The van der Waals surface area contributed by atoms with Crippen molar-refractivity contribution in [2.75, 3.05) is 38.2 Å². The van der Waals surface area contributed by atoms with Gasteiger partial charge in [0.05, 0.1) is 18.5 Å². The minimum absolute atomic E-state index is 0.0205. The van der Waals surface area contributed by atoms with Gasteiger partial charge in [-0.15, -0.1) is 0 Å². The number of carbonyl (C=O) groups is 2. The van der Waals surface area contributed by atoms with Crippen molar-refractivity contribution in [1.82, 2.24) is 15.8 Å². The standard InChI is InChI=1S/C26H27FN4O5/c1-35-25(33)26(14-19(26)24(32)30-34)17-6-7-22(20(27)13-17)36-15-16-12-23(31-10-8-28-9-11-31)29-21-5-3-2-4-18(16)21/h2-7,12-13,19,28,34H,8-11,14-15H2,1H3,(H,30,32)/t19-,26-/m1/s1. The molecule has 2 fully saturated rings. The number of esters is 1. The van der Waals surface area contributed by atoms with E-state index >= 15 is 4.39 Å². The van der Waals surface area contributed by atoms with Gasteiger partial charge in [-0.1, -0.05) is 24.3 Å². The van der Waals surface area contributed by atoms with Crippen LogP contribution in [0.2, 0.25) is 0 Å². The first kappa shape index (κ1) is 24.0. The zero-order valence-electron chi connectivity index (χ0n) is 19.8. The molecule has 0 bridgehead atoms. The van der Waals surface area contributed by atoms with Crippen molar-refractivity contribution >= 4 is 28.6 Å². The average Bonchev–Trinajstić information content (AvgIpc) is 3.68. The number of halogens is 1. The third-order valence-corrected chi connectivity index (χ3v) is 7.00. The molecule has 5 rings (SSSR count). The summed E-state index contributed by atoms with van der Waals surface area (Å²) in [6, 6.07) is 13.9. The van der Waals surface area contributed by atoms with Crippen LogP contribution in [0.5, 0.6) is 5.75 Å². The Morgan fingerprint density at radius 3 is 2.72 bits per heavy atom. The number of amides is 1. The van der Waals surface area contributed by atoms with Crippen molar-refractivity contribution in [1.29, 1.82) is 0 Å². The van der Waals surface area contributed by atoms with Crippen LogP contribution in [0.15, 0.2) is 48.5 Å². The molecule has 1 saturated carbocycles. The third-order valence-electron chi connectivity index (χ3n) is 7.00. The number of methoxy groups -OCH3 is 1. The summed E-state index contributed by atoms with van der Waals surface area (Å²) in [5.74, 6) is -2.00. The lowest BCUT2D eigenvalue weighted by atomic mass is 9.92. The summed E-state index contributed by atoms with van der Waals surface area (Å²) in [6.07, 6.45) is 0.115. The average molecular weight is 495 g/mol. The highest BCUT2D eigenvalue weighted by molar-refractivity contribution is 5.97. The number of rotatable bonds is 7. The van der Waals surface area contributed by atoms with Crippen molar-refractivity contribution in [2.24, 2.45) is 5.92 Å². The number of nitrogens with one attached hydrogen (secondary N) is 2. The second-order valence-corrected chi connectivity index (χ2v) is 9.02. The SMILES string of the molecule is COC(=O)[C@@]1(c2ccc(OCc3cc(N4CCNCC4)nc4ccccc34)c(F)c2)C[C@@H]1C(=O)NO. The van der Waals surface area contributed by atoms with E-state index in [-0.39, 0.29) is 18.8 Å². The van der Waals surface area contributed by atoms with Gasteiger partial charge in [-0.25, -0.2) is 14.9 Å². The Balaban J connectivity index is 1.40. The number of para-hydroxylation sites is 1. The van der Waals surface area contributed by atoms with Crippen LogP contribution in [0.25, 0.3) is 10.9 Å². The van der Waals surface area contributed by atoms with Gasteiger partial charge >= 0.3 is 5.97 Å². The lowest BCUT2D eigenvalue weighted by Crippen LogP contribution is -2.43. The quantitative estimate of drug-likeness (QED) is 0.261. The predicted molar refractivity (Wildman–Crippen MR) is 129 cm³/mol. The summed E-state index contributed by atoms with van der Waals surface area (Å²) >= 11 is 0. The highest BCUT2D eigenvalue weighted by Crippen LogP contribution is 2.55. The summed E-state index contributed by atoms with van der Waals surface area (Å²) in [5, 5.41) is 13.2. The van der Waals surface area contributed by atoms with Crippen molar-refractivity contribution < 1.29 is 28.7 Å². The number of ether oxygens (including phenoxy) is 2. The Morgan fingerprint density at radius 2 is 2.00 bits per heavy atom. The number of hydrogen-bond acceptors (Lipinski definition) is 8. The fourth-order valence-corrected chi connectivity index (χ4v) is 4.96. The first-order valence-electron chi connectivity index (χ1n) is 11.8. The minimum Gasteiger partial charge on any atom is -0.486 e.